The lowest BCUT2D eigenvalue weighted by Gasteiger charge is -2.28. The van der Waals surface area contributed by atoms with Crippen LogP contribution < -0.4 is 4.90 Å². The van der Waals surface area contributed by atoms with Gasteiger partial charge in [0, 0.05) is 33.2 Å². The Bertz CT molecular complexity index is 3920. The Morgan fingerprint density at radius 1 is 0.273 bits per heavy atom. The molecule has 12 aromatic carbocycles. The summed E-state index contributed by atoms with van der Waals surface area (Å²) in [5.74, 6) is 0. The Morgan fingerprint density at radius 2 is 0.742 bits per heavy atom. The van der Waals surface area contributed by atoms with Crippen LogP contribution in [0, 0.1) is 0 Å². The summed E-state index contributed by atoms with van der Waals surface area (Å²) < 4.78 is 2.39. The molecule has 2 heteroatoms. The number of hydrogen-bond donors (Lipinski definition) is 0. The maximum atomic E-state index is 2.46. The fourth-order valence-electron chi connectivity index (χ4n) is 10.7. The summed E-state index contributed by atoms with van der Waals surface area (Å²) in [5.41, 5.74) is 14.2. The third kappa shape index (κ3) is 6.04. The first-order valence-corrected chi connectivity index (χ1v) is 22.8. The van der Waals surface area contributed by atoms with Gasteiger partial charge < -0.3 is 9.47 Å². The van der Waals surface area contributed by atoms with E-state index in [4.69, 9.17) is 0 Å². The largest absolute Gasteiger partial charge is 0.310 e. The SMILES string of the molecule is c1ccc(-c2c3ccccc3c(-c3ccc(N(c4ccc5c(c4)c4ccccc4n5-c4ccccc4)c4cccc5c(-c6cccc7ccccc67)cccc45)cc3)c3ccccc23)cc1. The van der Waals surface area contributed by atoms with Gasteiger partial charge in [0.2, 0.25) is 0 Å². The van der Waals surface area contributed by atoms with Crippen LogP contribution in [-0.2, 0) is 0 Å². The second-order valence-corrected chi connectivity index (χ2v) is 17.2. The first-order valence-electron chi connectivity index (χ1n) is 22.8. The Morgan fingerprint density at radius 3 is 1.44 bits per heavy atom. The first-order chi connectivity index (χ1) is 32.8. The lowest BCUT2D eigenvalue weighted by molar-refractivity contribution is 1.18. The second-order valence-electron chi connectivity index (χ2n) is 17.2. The van der Waals surface area contributed by atoms with Crippen LogP contribution in [0.4, 0.5) is 17.1 Å². The maximum Gasteiger partial charge on any atom is 0.0542 e. The molecule has 1 aromatic heterocycles. The van der Waals surface area contributed by atoms with Gasteiger partial charge in [0.15, 0.2) is 0 Å². The molecular formula is C64H42N2. The maximum absolute atomic E-state index is 2.46. The minimum atomic E-state index is 1.09. The number of anilines is 3. The average molecular weight is 839 g/mol. The van der Waals surface area contributed by atoms with Crippen LogP contribution in [0.1, 0.15) is 0 Å². The summed E-state index contributed by atoms with van der Waals surface area (Å²) in [4.78, 5) is 2.46. The van der Waals surface area contributed by atoms with Crippen LogP contribution in [0.15, 0.2) is 255 Å². The number of hydrogen-bond acceptors (Lipinski definition) is 1. The van der Waals surface area contributed by atoms with Crippen molar-refractivity contribution in [1.29, 1.82) is 0 Å². The Kier molecular flexibility index (Phi) is 8.89. The average Bonchev–Trinajstić information content (AvgIpc) is 3.72. The molecule has 0 bridgehead atoms. The molecule has 0 amide bonds. The molecule has 13 rings (SSSR count). The second kappa shape index (κ2) is 15.5. The van der Waals surface area contributed by atoms with Crippen LogP contribution in [0.2, 0.25) is 0 Å². The van der Waals surface area contributed by atoms with Gasteiger partial charge in [0.05, 0.1) is 16.7 Å². The van der Waals surface area contributed by atoms with Gasteiger partial charge in [-0.1, -0.05) is 200 Å². The van der Waals surface area contributed by atoms with Gasteiger partial charge in [0.25, 0.3) is 0 Å². The van der Waals surface area contributed by atoms with E-state index in [0.717, 1.165) is 22.7 Å². The van der Waals surface area contributed by atoms with E-state index in [1.807, 2.05) is 0 Å². The van der Waals surface area contributed by atoms with Gasteiger partial charge in [-0.3, -0.25) is 0 Å². The molecule has 1 heterocycles. The quantitative estimate of drug-likeness (QED) is 0.145. The molecule has 66 heavy (non-hydrogen) atoms. The van der Waals surface area contributed by atoms with Crippen molar-refractivity contribution in [2.24, 2.45) is 0 Å². The normalized spacial score (nSPS) is 11.6. The lowest BCUT2D eigenvalue weighted by atomic mass is 9.86. The van der Waals surface area contributed by atoms with Crippen molar-refractivity contribution in [3.63, 3.8) is 0 Å². The minimum absolute atomic E-state index is 1.09. The van der Waals surface area contributed by atoms with E-state index in [0.29, 0.717) is 0 Å². The highest BCUT2D eigenvalue weighted by molar-refractivity contribution is 6.21. The Hall–Kier alpha value is -8.72. The molecular weight excluding hydrogens is 797 g/mol. The molecule has 0 atom stereocenters. The van der Waals surface area contributed by atoms with E-state index in [-0.39, 0.29) is 0 Å². The predicted octanol–water partition coefficient (Wildman–Crippen LogP) is 17.9. The third-order valence-electron chi connectivity index (χ3n) is 13.6. The molecule has 0 aliphatic rings. The number of benzene rings is 12. The smallest absolute Gasteiger partial charge is 0.0542 e. The van der Waals surface area contributed by atoms with Crippen molar-refractivity contribution in [2.45, 2.75) is 0 Å². The molecule has 0 fully saturated rings. The van der Waals surface area contributed by atoms with Crippen LogP contribution in [0.5, 0.6) is 0 Å². The highest BCUT2D eigenvalue weighted by Crippen LogP contribution is 2.47. The Balaban J connectivity index is 1.04. The summed E-state index contributed by atoms with van der Waals surface area (Å²) in [7, 11) is 0. The molecule has 0 unspecified atom stereocenters. The molecule has 0 saturated heterocycles. The number of para-hydroxylation sites is 2. The Labute approximate surface area is 383 Å². The summed E-state index contributed by atoms with van der Waals surface area (Å²) in [6.45, 7) is 0. The fraction of sp³-hybridized carbons (Fsp3) is 0. The van der Waals surface area contributed by atoms with E-state index in [9.17, 15) is 0 Å². The molecule has 0 radical (unpaired) electrons. The zero-order chi connectivity index (χ0) is 43.6. The van der Waals surface area contributed by atoms with Gasteiger partial charge in [0.1, 0.15) is 0 Å². The molecule has 0 saturated carbocycles. The topological polar surface area (TPSA) is 8.17 Å². The molecule has 0 aliphatic heterocycles. The van der Waals surface area contributed by atoms with Crippen molar-refractivity contribution < 1.29 is 0 Å². The van der Waals surface area contributed by atoms with Crippen LogP contribution in [0.25, 0.3) is 104 Å². The summed E-state index contributed by atoms with van der Waals surface area (Å²) in [6.07, 6.45) is 0. The highest BCUT2D eigenvalue weighted by Gasteiger charge is 2.22. The highest BCUT2D eigenvalue weighted by atomic mass is 15.1. The third-order valence-corrected chi connectivity index (χ3v) is 13.6. The lowest BCUT2D eigenvalue weighted by Crippen LogP contribution is -2.10. The van der Waals surface area contributed by atoms with Gasteiger partial charge in [-0.25, -0.2) is 0 Å². The minimum Gasteiger partial charge on any atom is -0.310 e. The van der Waals surface area contributed by atoms with Gasteiger partial charge >= 0.3 is 0 Å². The van der Waals surface area contributed by atoms with Gasteiger partial charge in [-0.05, 0) is 126 Å². The monoisotopic (exact) mass is 838 g/mol. The van der Waals surface area contributed by atoms with Crippen molar-refractivity contribution in [1.82, 2.24) is 4.57 Å². The predicted molar refractivity (Wildman–Crippen MR) is 282 cm³/mol. The standard InChI is InChI=1S/C64H42N2/c1-3-19-44(20-4-1)63-55-26-9-11-28-57(55)64(58-29-12-10-27-56(58)63)45-36-38-47(39-37-45)65(48-40-41-62-59(42-48)54-25-13-14-34-61(54)66(62)46-22-5-2-6-23-46)60-35-17-32-52-51(31-16-33-53(52)60)50-30-15-21-43-18-7-8-24-49(43)50/h1-42H. The number of nitrogens with zero attached hydrogens (tertiary/aromatic N) is 2. The zero-order valence-corrected chi connectivity index (χ0v) is 36.1. The molecule has 2 nitrogen and oxygen atoms in total. The fourth-order valence-corrected chi connectivity index (χ4v) is 10.7. The first kappa shape index (κ1) is 37.8. The van der Waals surface area contributed by atoms with E-state index in [2.05, 4.69) is 264 Å². The molecule has 308 valence electrons. The van der Waals surface area contributed by atoms with Crippen LogP contribution in [-0.4, -0.2) is 4.57 Å². The molecule has 0 N–H and O–H groups in total. The van der Waals surface area contributed by atoms with E-state index < -0.39 is 0 Å². The summed E-state index contributed by atoms with van der Waals surface area (Å²) >= 11 is 0. The van der Waals surface area contributed by atoms with Crippen molar-refractivity contribution in [2.75, 3.05) is 4.90 Å². The van der Waals surface area contributed by atoms with Crippen molar-refractivity contribution in [3.05, 3.63) is 255 Å². The van der Waals surface area contributed by atoms with Crippen LogP contribution in [0.3, 0.4) is 0 Å². The van der Waals surface area contributed by atoms with E-state index >= 15 is 0 Å². The number of aromatic nitrogens is 1. The molecule has 0 spiro atoms. The van der Waals surface area contributed by atoms with Gasteiger partial charge in [-0.2, -0.15) is 0 Å². The van der Waals surface area contributed by atoms with Crippen molar-refractivity contribution in [3.8, 4) is 39.1 Å². The number of fused-ring (bicyclic) bond motifs is 7. The van der Waals surface area contributed by atoms with Gasteiger partial charge in [-0.15, -0.1) is 0 Å². The summed E-state index contributed by atoms with van der Waals surface area (Å²) in [6, 6.07) is 93.3. The summed E-state index contributed by atoms with van der Waals surface area (Å²) in [5, 5.41) is 12.3. The number of rotatable bonds is 7. The molecule has 13 aromatic rings. The molecule has 0 aliphatic carbocycles. The van der Waals surface area contributed by atoms with E-state index in [1.165, 1.54) is 98.3 Å². The van der Waals surface area contributed by atoms with Crippen LogP contribution >= 0.6 is 0 Å². The van der Waals surface area contributed by atoms with Crippen molar-refractivity contribution >= 4 is 82.0 Å². The zero-order valence-electron chi connectivity index (χ0n) is 36.1. The van der Waals surface area contributed by atoms with E-state index in [1.54, 1.807) is 0 Å².